The Balaban J connectivity index is 1.55. The van der Waals surface area contributed by atoms with Crippen molar-refractivity contribution in [3.05, 3.63) is 16.1 Å². The number of alkyl halides is 3. The molecule has 0 saturated carbocycles. The zero-order chi connectivity index (χ0) is 21.3. The molecule has 1 aromatic rings. The number of thiazole rings is 1. The number of aromatic nitrogens is 1. The number of unbranched alkanes of at least 4 members (excludes halogenated alkanes) is 1. The number of carbonyl (C=O) groups is 1. The van der Waals surface area contributed by atoms with Crippen molar-refractivity contribution in [1.29, 1.82) is 0 Å². The number of halogens is 3. The fourth-order valence-electron chi connectivity index (χ4n) is 3.17. The molecule has 0 radical (unpaired) electrons. The maximum absolute atomic E-state index is 12.6. The van der Waals surface area contributed by atoms with E-state index in [0.29, 0.717) is 23.9 Å². The third kappa shape index (κ3) is 8.17. The molecule has 0 atom stereocenters. The second-order valence-electron chi connectivity index (χ2n) is 7.03. The van der Waals surface area contributed by atoms with Crippen molar-refractivity contribution in [1.82, 2.24) is 20.5 Å². The van der Waals surface area contributed by atoms with Gasteiger partial charge in [0.25, 0.3) is 0 Å². The van der Waals surface area contributed by atoms with Crippen LogP contribution in [0.2, 0.25) is 0 Å². The summed E-state index contributed by atoms with van der Waals surface area (Å²) in [5.74, 6) is 0.454. The molecule has 0 aromatic carbocycles. The van der Waals surface area contributed by atoms with Crippen molar-refractivity contribution in [3.8, 4) is 0 Å². The summed E-state index contributed by atoms with van der Waals surface area (Å²) in [7, 11) is 1.66. The average molecular weight is 435 g/mol. The highest BCUT2D eigenvalue weighted by Crippen LogP contribution is 2.30. The number of hydrogen-bond acceptors (Lipinski definition) is 5. The Hall–Kier alpha value is -1.88. The minimum Gasteiger partial charge on any atom is -0.369 e. The Labute approximate surface area is 173 Å². The van der Waals surface area contributed by atoms with Crippen molar-refractivity contribution in [2.24, 2.45) is 16.6 Å². The predicted octanol–water partition coefficient (Wildman–Crippen LogP) is 1.85. The maximum atomic E-state index is 12.6. The number of rotatable bonds is 9. The molecule has 1 aliphatic rings. The Morgan fingerprint density at radius 3 is 2.59 bits per heavy atom. The van der Waals surface area contributed by atoms with Crippen LogP contribution in [0.25, 0.3) is 0 Å². The number of nitrogens with zero attached hydrogens (tertiary/aromatic N) is 3. The highest BCUT2D eigenvalue weighted by atomic mass is 32.1. The van der Waals surface area contributed by atoms with Crippen LogP contribution in [0.3, 0.4) is 0 Å². The number of guanidine groups is 1. The van der Waals surface area contributed by atoms with E-state index in [9.17, 15) is 18.0 Å². The first-order valence-corrected chi connectivity index (χ1v) is 10.7. The van der Waals surface area contributed by atoms with E-state index in [4.69, 9.17) is 5.73 Å². The lowest BCUT2D eigenvalue weighted by Gasteiger charge is -2.30. The van der Waals surface area contributed by atoms with Gasteiger partial charge in [0.15, 0.2) is 11.7 Å². The molecule has 1 fully saturated rings. The summed E-state index contributed by atoms with van der Waals surface area (Å²) in [5.41, 5.74) is 4.51. The number of likely N-dealkylation sites (tertiary alicyclic amines) is 1. The molecule has 7 nitrogen and oxygen atoms in total. The van der Waals surface area contributed by atoms with Gasteiger partial charge in [-0.2, -0.15) is 13.2 Å². The van der Waals surface area contributed by atoms with Gasteiger partial charge in [0.05, 0.1) is 5.01 Å². The van der Waals surface area contributed by atoms with Gasteiger partial charge in [0.1, 0.15) is 0 Å². The molecule has 11 heteroatoms. The van der Waals surface area contributed by atoms with Gasteiger partial charge in [-0.25, -0.2) is 4.98 Å². The molecule has 4 N–H and O–H groups in total. The molecule has 0 unspecified atom stereocenters. The molecule has 164 valence electrons. The molecule has 1 aromatic heterocycles. The summed E-state index contributed by atoms with van der Waals surface area (Å²) in [5, 5.41) is 7.78. The van der Waals surface area contributed by atoms with Crippen LogP contribution in [-0.4, -0.2) is 61.5 Å². The van der Waals surface area contributed by atoms with E-state index >= 15 is 0 Å². The van der Waals surface area contributed by atoms with Crippen molar-refractivity contribution >= 4 is 23.2 Å². The summed E-state index contributed by atoms with van der Waals surface area (Å²) in [6.45, 7) is 4.03. The predicted molar refractivity (Wildman–Crippen MR) is 108 cm³/mol. The molecule has 2 rings (SSSR count). The average Bonchev–Trinajstić information content (AvgIpc) is 3.16. The van der Waals surface area contributed by atoms with Crippen LogP contribution in [0.15, 0.2) is 10.4 Å². The van der Waals surface area contributed by atoms with Crippen LogP contribution >= 0.6 is 11.3 Å². The van der Waals surface area contributed by atoms with Gasteiger partial charge in [-0.05, 0) is 45.3 Å². The molecular formula is C18H29F3N6OS. The molecule has 0 aliphatic carbocycles. The van der Waals surface area contributed by atoms with Crippen molar-refractivity contribution < 1.29 is 18.0 Å². The smallest absolute Gasteiger partial charge is 0.369 e. The van der Waals surface area contributed by atoms with E-state index in [0.717, 1.165) is 68.6 Å². The van der Waals surface area contributed by atoms with E-state index in [1.165, 1.54) is 0 Å². The van der Waals surface area contributed by atoms with Crippen LogP contribution in [0.5, 0.6) is 0 Å². The first kappa shape index (κ1) is 23.4. The van der Waals surface area contributed by atoms with Crippen molar-refractivity contribution in [2.45, 2.75) is 38.3 Å². The molecule has 0 spiro atoms. The Bertz CT molecular complexity index is 671. The molecule has 1 saturated heterocycles. The van der Waals surface area contributed by atoms with Crippen LogP contribution in [0.4, 0.5) is 13.2 Å². The summed E-state index contributed by atoms with van der Waals surface area (Å²) >= 11 is 1.01. The second-order valence-corrected chi connectivity index (χ2v) is 7.97. The minimum absolute atomic E-state index is 0.0201. The first-order valence-electron chi connectivity index (χ1n) is 9.77. The van der Waals surface area contributed by atoms with E-state index < -0.39 is 11.9 Å². The Morgan fingerprint density at radius 1 is 1.31 bits per heavy atom. The van der Waals surface area contributed by atoms with Gasteiger partial charge in [-0.3, -0.25) is 9.79 Å². The molecule has 29 heavy (non-hydrogen) atoms. The number of piperidine rings is 1. The van der Waals surface area contributed by atoms with Gasteiger partial charge >= 0.3 is 6.18 Å². The fraction of sp³-hybridized carbons (Fsp3) is 0.722. The van der Waals surface area contributed by atoms with Crippen LogP contribution < -0.4 is 16.4 Å². The quantitative estimate of drug-likeness (QED) is 0.313. The first-order chi connectivity index (χ1) is 13.8. The highest BCUT2D eigenvalue weighted by Gasteiger charge is 2.33. The molecular weight excluding hydrogens is 405 g/mol. The van der Waals surface area contributed by atoms with E-state index in [1.54, 1.807) is 7.05 Å². The lowest BCUT2D eigenvalue weighted by Crippen LogP contribution is -2.40. The number of carbonyl (C=O) groups excluding carboxylic acids is 1. The summed E-state index contributed by atoms with van der Waals surface area (Å²) < 4.78 is 37.7. The maximum Gasteiger partial charge on any atom is 0.434 e. The van der Waals surface area contributed by atoms with Crippen molar-refractivity contribution in [2.75, 3.05) is 39.8 Å². The molecule has 2 heterocycles. The SMILES string of the molecule is CN=C(NCCCCN1CCC(C(N)=O)CC1)NCCc1nc(C(F)(F)F)cs1. The molecule has 1 aliphatic heterocycles. The number of amides is 1. The minimum atomic E-state index is -4.39. The topological polar surface area (TPSA) is 95.6 Å². The fourth-order valence-corrected chi connectivity index (χ4v) is 3.98. The standard InChI is InChI=1S/C18H29F3N6OS/c1-23-17(25-8-4-15-26-14(12-29-15)18(19,20)21)24-7-2-3-9-27-10-5-13(6-11-27)16(22)28/h12-13H,2-11H2,1H3,(H2,22,28)(H2,23,24,25). The second kappa shape index (κ2) is 11.3. The van der Waals surface area contributed by atoms with Crippen LogP contribution in [-0.2, 0) is 17.4 Å². The van der Waals surface area contributed by atoms with E-state index in [1.807, 2.05) is 0 Å². The van der Waals surface area contributed by atoms with Gasteiger partial charge in [0.2, 0.25) is 5.91 Å². The van der Waals surface area contributed by atoms with Crippen molar-refractivity contribution in [3.63, 3.8) is 0 Å². The molecule has 0 bridgehead atoms. The lowest BCUT2D eigenvalue weighted by molar-refractivity contribution is -0.140. The van der Waals surface area contributed by atoms with Gasteiger partial charge in [-0.1, -0.05) is 0 Å². The van der Waals surface area contributed by atoms with E-state index in [-0.39, 0.29) is 11.8 Å². The summed E-state index contributed by atoms with van der Waals surface area (Å²) in [4.78, 5) is 21.3. The van der Waals surface area contributed by atoms with E-state index in [2.05, 4.69) is 25.5 Å². The Kier molecular flexibility index (Phi) is 9.15. The lowest BCUT2D eigenvalue weighted by atomic mass is 9.96. The van der Waals surface area contributed by atoms with Gasteiger partial charge in [0, 0.05) is 37.9 Å². The van der Waals surface area contributed by atoms with Gasteiger partial charge in [-0.15, -0.1) is 11.3 Å². The third-order valence-electron chi connectivity index (χ3n) is 4.88. The number of hydrogen-bond donors (Lipinski definition) is 3. The number of nitrogens with two attached hydrogens (primary N) is 1. The zero-order valence-electron chi connectivity index (χ0n) is 16.6. The number of primary amides is 1. The summed E-state index contributed by atoms with van der Waals surface area (Å²) in [6, 6.07) is 0. The van der Waals surface area contributed by atoms with Crippen LogP contribution in [0.1, 0.15) is 36.4 Å². The highest BCUT2D eigenvalue weighted by molar-refractivity contribution is 7.09. The Morgan fingerprint density at radius 2 is 2.00 bits per heavy atom. The molecule has 1 amide bonds. The number of aliphatic imine (C=N–C) groups is 1. The summed E-state index contributed by atoms with van der Waals surface area (Å²) in [6.07, 6.45) is -0.302. The largest absolute Gasteiger partial charge is 0.434 e. The zero-order valence-corrected chi connectivity index (χ0v) is 17.4. The monoisotopic (exact) mass is 434 g/mol. The number of nitrogens with one attached hydrogen (secondary N) is 2. The van der Waals surface area contributed by atoms with Gasteiger partial charge < -0.3 is 21.3 Å². The normalized spacial score (nSPS) is 16.8. The third-order valence-corrected chi connectivity index (χ3v) is 5.79. The van der Waals surface area contributed by atoms with Crippen LogP contribution in [0, 0.1) is 5.92 Å².